The van der Waals surface area contributed by atoms with Crippen molar-refractivity contribution < 1.29 is 4.39 Å². The predicted molar refractivity (Wildman–Crippen MR) is 104 cm³/mol. The molecule has 2 nitrogen and oxygen atoms in total. The van der Waals surface area contributed by atoms with Crippen LogP contribution in [-0.2, 0) is 11.8 Å². The third kappa shape index (κ3) is 4.60. The molecule has 0 radical (unpaired) electrons. The Morgan fingerprint density at radius 2 is 1.64 bits per heavy atom. The van der Waals surface area contributed by atoms with Gasteiger partial charge in [0, 0.05) is 24.8 Å². The molecule has 2 aromatic carbocycles. The van der Waals surface area contributed by atoms with Gasteiger partial charge in [-0.2, -0.15) is 0 Å². The summed E-state index contributed by atoms with van der Waals surface area (Å²) in [6, 6.07) is 15.9. The molecular weight excluding hydrogens is 311 g/mol. The summed E-state index contributed by atoms with van der Waals surface area (Å²) < 4.78 is 13.1. The standard InChI is InChI=1S/C22H29FN2/c1-22(2,3)18-6-10-21(11-7-18)25-14-17(13-20(24)15-25)12-16-4-8-19(23)9-5-16/h4-11,17,20H,12-15,24H2,1-3H3. The first kappa shape index (κ1) is 17.9. The lowest BCUT2D eigenvalue weighted by molar-refractivity contribution is 0.374. The van der Waals surface area contributed by atoms with E-state index in [-0.39, 0.29) is 17.3 Å². The van der Waals surface area contributed by atoms with Crippen LogP contribution < -0.4 is 10.6 Å². The van der Waals surface area contributed by atoms with E-state index in [4.69, 9.17) is 5.73 Å². The lowest BCUT2D eigenvalue weighted by Crippen LogP contribution is -2.47. The summed E-state index contributed by atoms with van der Waals surface area (Å²) in [4.78, 5) is 2.40. The molecule has 134 valence electrons. The molecule has 1 fully saturated rings. The zero-order valence-electron chi connectivity index (χ0n) is 15.5. The average molecular weight is 340 g/mol. The Labute approximate surface area is 150 Å². The van der Waals surface area contributed by atoms with E-state index in [1.165, 1.54) is 16.8 Å². The monoisotopic (exact) mass is 340 g/mol. The third-order valence-electron chi connectivity index (χ3n) is 5.11. The van der Waals surface area contributed by atoms with Gasteiger partial charge in [0.1, 0.15) is 5.82 Å². The van der Waals surface area contributed by atoms with Crippen molar-refractivity contribution in [1.82, 2.24) is 0 Å². The number of halogens is 1. The van der Waals surface area contributed by atoms with Crippen molar-refractivity contribution >= 4 is 5.69 Å². The molecule has 0 saturated carbocycles. The SMILES string of the molecule is CC(C)(C)c1ccc(N2CC(N)CC(Cc3ccc(F)cc3)C2)cc1. The van der Waals surface area contributed by atoms with Gasteiger partial charge in [0.2, 0.25) is 0 Å². The number of nitrogens with zero attached hydrogens (tertiary/aromatic N) is 1. The molecule has 1 aliphatic rings. The summed E-state index contributed by atoms with van der Waals surface area (Å²) in [6.45, 7) is 8.60. The highest BCUT2D eigenvalue weighted by molar-refractivity contribution is 5.49. The smallest absolute Gasteiger partial charge is 0.123 e. The van der Waals surface area contributed by atoms with Gasteiger partial charge in [-0.15, -0.1) is 0 Å². The van der Waals surface area contributed by atoms with Crippen LogP contribution in [0.2, 0.25) is 0 Å². The van der Waals surface area contributed by atoms with Gasteiger partial charge in [0.25, 0.3) is 0 Å². The first-order valence-electron chi connectivity index (χ1n) is 9.17. The summed E-state index contributed by atoms with van der Waals surface area (Å²) in [7, 11) is 0. The molecular formula is C22H29FN2. The second-order valence-electron chi connectivity index (χ2n) is 8.39. The molecule has 2 atom stereocenters. The highest BCUT2D eigenvalue weighted by Crippen LogP contribution is 2.28. The average Bonchev–Trinajstić information content (AvgIpc) is 2.56. The minimum absolute atomic E-state index is 0.169. The van der Waals surface area contributed by atoms with Crippen LogP contribution >= 0.6 is 0 Å². The van der Waals surface area contributed by atoms with E-state index in [1.807, 2.05) is 12.1 Å². The normalized spacial score (nSPS) is 21.4. The number of hydrogen-bond donors (Lipinski definition) is 1. The Bertz CT molecular complexity index is 685. The van der Waals surface area contributed by atoms with Crippen molar-refractivity contribution in [2.24, 2.45) is 11.7 Å². The van der Waals surface area contributed by atoms with Crippen molar-refractivity contribution in [1.29, 1.82) is 0 Å². The first-order chi connectivity index (χ1) is 11.8. The van der Waals surface area contributed by atoms with Gasteiger partial charge in [0.05, 0.1) is 0 Å². The molecule has 1 saturated heterocycles. The number of nitrogens with two attached hydrogens (primary N) is 1. The summed E-state index contributed by atoms with van der Waals surface area (Å²) >= 11 is 0. The maximum Gasteiger partial charge on any atom is 0.123 e. The maximum atomic E-state index is 13.1. The minimum Gasteiger partial charge on any atom is -0.370 e. The second-order valence-corrected chi connectivity index (χ2v) is 8.39. The van der Waals surface area contributed by atoms with Crippen molar-refractivity contribution in [2.45, 2.75) is 45.1 Å². The molecule has 25 heavy (non-hydrogen) atoms. The van der Waals surface area contributed by atoms with Crippen LogP contribution in [-0.4, -0.2) is 19.1 Å². The summed E-state index contributed by atoms with van der Waals surface area (Å²) in [5.74, 6) is 0.321. The Balaban J connectivity index is 1.70. The zero-order chi connectivity index (χ0) is 18.0. The van der Waals surface area contributed by atoms with E-state index < -0.39 is 0 Å². The molecule has 0 bridgehead atoms. The molecule has 0 spiro atoms. The molecule has 0 aromatic heterocycles. The van der Waals surface area contributed by atoms with Gasteiger partial charge >= 0.3 is 0 Å². The van der Waals surface area contributed by atoms with E-state index in [1.54, 1.807) is 12.1 Å². The Kier molecular flexibility index (Phi) is 5.14. The number of piperidine rings is 1. The van der Waals surface area contributed by atoms with Crippen LogP contribution in [0.5, 0.6) is 0 Å². The number of benzene rings is 2. The molecule has 0 aliphatic carbocycles. The van der Waals surface area contributed by atoms with Crippen LogP contribution in [0.3, 0.4) is 0 Å². The number of rotatable bonds is 3. The number of hydrogen-bond acceptors (Lipinski definition) is 2. The molecule has 3 rings (SSSR count). The third-order valence-corrected chi connectivity index (χ3v) is 5.11. The van der Waals surface area contributed by atoms with Gasteiger partial charge in [-0.3, -0.25) is 0 Å². The van der Waals surface area contributed by atoms with Crippen LogP contribution in [0, 0.1) is 11.7 Å². The fraction of sp³-hybridized carbons (Fsp3) is 0.455. The van der Waals surface area contributed by atoms with Crippen LogP contribution in [0.1, 0.15) is 38.3 Å². The van der Waals surface area contributed by atoms with E-state index in [9.17, 15) is 4.39 Å². The highest BCUT2D eigenvalue weighted by atomic mass is 19.1. The molecule has 2 N–H and O–H groups in total. The fourth-order valence-corrected chi connectivity index (χ4v) is 3.73. The van der Waals surface area contributed by atoms with Gasteiger partial charge in [-0.1, -0.05) is 45.0 Å². The van der Waals surface area contributed by atoms with E-state index in [2.05, 4.69) is 49.9 Å². The Morgan fingerprint density at radius 1 is 1.00 bits per heavy atom. The van der Waals surface area contributed by atoms with Crippen molar-refractivity contribution in [2.75, 3.05) is 18.0 Å². The highest BCUT2D eigenvalue weighted by Gasteiger charge is 2.26. The lowest BCUT2D eigenvalue weighted by Gasteiger charge is -2.38. The molecule has 1 aliphatic heterocycles. The topological polar surface area (TPSA) is 29.3 Å². The summed E-state index contributed by atoms with van der Waals surface area (Å²) in [5, 5.41) is 0. The van der Waals surface area contributed by atoms with Crippen LogP contribution in [0.25, 0.3) is 0 Å². The van der Waals surface area contributed by atoms with Crippen molar-refractivity contribution in [3.05, 3.63) is 65.5 Å². The Morgan fingerprint density at radius 3 is 2.24 bits per heavy atom. The molecule has 0 amide bonds. The predicted octanol–water partition coefficient (Wildman–Crippen LogP) is 4.52. The summed E-state index contributed by atoms with van der Waals surface area (Å²) in [5.41, 5.74) is 10.3. The molecule has 2 aromatic rings. The number of anilines is 1. The molecule has 1 heterocycles. The van der Waals surface area contributed by atoms with Crippen molar-refractivity contribution in [3.8, 4) is 0 Å². The first-order valence-corrected chi connectivity index (χ1v) is 9.17. The van der Waals surface area contributed by atoms with E-state index in [0.29, 0.717) is 5.92 Å². The fourth-order valence-electron chi connectivity index (χ4n) is 3.73. The van der Waals surface area contributed by atoms with Crippen LogP contribution in [0.4, 0.5) is 10.1 Å². The lowest BCUT2D eigenvalue weighted by atomic mass is 9.86. The minimum atomic E-state index is -0.176. The largest absolute Gasteiger partial charge is 0.370 e. The quantitative estimate of drug-likeness (QED) is 0.890. The Hall–Kier alpha value is -1.87. The zero-order valence-corrected chi connectivity index (χ0v) is 15.5. The molecule has 3 heteroatoms. The van der Waals surface area contributed by atoms with Gasteiger partial charge < -0.3 is 10.6 Å². The van der Waals surface area contributed by atoms with E-state index >= 15 is 0 Å². The van der Waals surface area contributed by atoms with Gasteiger partial charge in [-0.25, -0.2) is 4.39 Å². The van der Waals surface area contributed by atoms with Gasteiger partial charge in [-0.05, 0) is 59.6 Å². The van der Waals surface area contributed by atoms with Crippen LogP contribution in [0.15, 0.2) is 48.5 Å². The van der Waals surface area contributed by atoms with E-state index in [0.717, 1.165) is 25.9 Å². The summed E-state index contributed by atoms with van der Waals surface area (Å²) in [6.07, 6.45) is 1.97. The molecule has 2 unspecified atom stereocenters. The van der Waals surface area contributed by atoms with Gasteiger partial charge in [0.15, 0.2) is 0 Å². The maximum absolute atomic E-state index is 13.1. The second kappa shape index (κ2) is 7.17. The van der Waals surface area contributed by atoms with Crippen molar-refractivity contribution in [3.63, 3.8) is 0 Å².